The molecule has 0 bridgehead atoms. The molecule has 26 heavy (non-hydrogen) atoms. The van der Waals surface area contributed by atoms with Crippen LogP contribution in [-0.4, -0.2) is 40.1 Å². The third-order valence-corrected chi connectivity index (χ3v) is 5.73. The molecule has 138 valence electrons. The van der Waals surface area contributed by atoms with Crippen LogP contribution < -0.4 is 5.32 Å². The minimum atomic E-state index is -1.10. The average molecular weight is 448 g/mol. The summed E-state index contributed by atoms with van der Waals surface area (Å²) in [6.45, 7) is 0.259. The monoisotopic (exact) mass is 446 g/mol. The second-order valence-corrected chi connectivity index (χ2v) is 7.18. The van der Waals surface area contributed by atoms with E-state index in [4.69, 9.17) is 11.6 Å². The van der Waals surface area contributed by atoms with E-state index in [2.05, 4.69) is 26.3 Å². The summed E-state index contributed by atoms with van der Waals surface area (Å²) in [6, 6.07) is 2.78. The lowest BCUT2D eigenvalue weighted by molar-refractivity contribution is -0.135. The highest BCUT2D eigenvalue weighted by Gasteiger charge is 2.46. The molecule has 0 saturated carbocycles. The van der Waals surface area contributed by atoms with Gasteiger partial charge in [0.1, 0.15) is 22.7 Å². The van der Waals surface area contributed by atoms with Crippen molar-refractivity contribution >= 4 is 45.0 Å². The van der Waals surface area contributed by atoms with E-state index in [1.807, 2.05) is 0 Å². The van der Waals surface area contributed by atoms with E-state index in [0.29, 0.717) is 21.4 Å². The van der Waals surface area contributed by atoms with Gasteiger partial charge in [-0.15, -0.1) is 0 Å². The zero-order chi connectivity index (χ0) is 19.2. The molecule has 2 heterocycles. The number of nitrogens with zero attached hydrogens (tertiary/aromatic N) is 3. The molecule has 0 unspecified atom stereocenters. The van der Waals surface area contributed by atoms with E-state index in [0.717, 1.165) is 12.1 Å². The first-order chi connectivity index (χ1) is 12.2. The van der Waals surface area contributed by atoms with Crippen LogP contribution in [0, 0.1) is 17.6 Å². The number of benzene rings is 1. The Hall–Kier alpha value is -2.00. The molecule has 6 nitrogen and oxygen atoms in total. The molecule has 1 fully saturated rings. The van der Waals surface area contributed by atoms with Crippen LogP contribution >= 0.6 is 27.5 Å². The quantitative estimate of drug-likeness (QED) is 0.736. The molecule has 0 aliphatic carbocycles. The van der Waals surface area contributed by atoms with Gasteiger partial charge in [0.25, 0.3) is 0 Å². The number of aryl methyl sites for hydroxylation is 1. The van der Waals surface area contributed by atoms with Gasteiger partial charge in [0.2, 0.25) is 11.8 Å². The van der Waals surface area contributed by atoms with E-state index in [1.54, 1.807) is 14.1 Å². The van der Waals surface area contributed by atoms with E-state index >= 15 is 0 Å². The van der Waals surface area contributed by atoms with Crippen LogP contribution in [0.15, 0.2) is 22.7 Å². The number of anilines is 1. The Bertz CT molecular complexity index is 905. The number of carbonyl (C=O) groups excluding carboxylic acids is 2. The lowest BCUT2D eigenvalue weighted by Crippen LogP contribution is -2.33. The minimum Gasteiger partial charge on any atom is -0.344 e. The smallest absolute Gasteiger partial charge is 0.237 e. The van der Waals surface area contributed by atoms with Gasteiger partial charge in [-0.1, -0.05) is 11.6 Å². The zero-order valence-electron chi connectivity index (χ0n) is 13.8. The van der Waals surface area contributed by atoms with Crippen molar-refractivity contribution in [2.24, 2.45) is 13.0 Å². The largest absolute Gasteiger partial charge is 0.344 e. The van der Waals surface area contributed by atoms with E-state index in [1.165, 1.54) is 9.58 Å². The van der Waals surface area contributed by atoms with Crippen LogP contribution in [0.25, 0.3) is 0 Å². The number of hydrogen-bond acceptors (Lipinski definition) is 3. The molecule has 10 heteroatoms. The van der Waals surface area contributed by atoms with Gasteiger partial charge in [0, 0.05) is 32.6 Å². The summed E-state index contributed by atoms with van der Waals surface area (Å²) in [4.78, 5) is 26.6. The predicted octanol–water partition coefficient (Wildman–Crippen LogP) is 2.92. The number of hydrogen-bond donors (Lipinski definition) is 1. The summed E-state index contributed by atoms with van der Waals surface area (Å²) in [5.41, 5.74) is 0.269. The normalized spacial score (nSPS) is 19.9. The molecule has 1 aromatic carbocycles. The number of halogens is 4. The molecule has 1 N–H and O–H groups in total. The topological polar surface area (TPSA) is 67.2 Å². The average Bonchev–Trinajstić information content (AvgIpc) is 3.01. The third kappa shape index (κ3) is 3.21. The van der Waals surface area contributed by atoms with Gasteiger partial charge in [-0.05, 0) is 28.1 Å². The van der Waals surface area contributed by atoms with Crippen molar-refractivity contribution in [1.29, 1.82) is 0 Å². The summed E-state index contributed by atoms with van der Waals surface area (Å²) in [5, 5.41) is 6.98. The highest BCUT2D eigenvalue weighted by atomic mass is 79.9. The maximum Gasteiger partial charge on any atom is 0.237 e. The van der Waals surface area contributed by atoms with Crippen molar-refractivity contribution < 1.29 is 18.4 Å². The molecule has 1 aromatic heterocycles. The van der Waals surface area contributed by atoms with Crippen molar-refractivity contribution in [2.45, 2.75) is 5.92 Å². The number of likely N-dealkylation sites (N-methyl/N-ethyl adjacent to an activating group) is 1. The fourth-order valence-electron chi connectivity index (χ4n) is 2.97. The Morgan fingerprint density at radius 2 is 2.08 bits per heavy atom. The number of aromatic nitrogens is 2. The van der Waals surface area contributed by atoms with Crippen LogP contribution in [0.2, 0.25) is 5.15 Å². The number of amides is 2. The van der Waals surface area contributed by atoms with Crippen LogP contribution in [0.4, 0.5) is 14.5 Å². The fraction of sp³-hybridized carbons (Fsp3) is 0.312. The van der Waals surface area contributed by atoms with Crippen molar-refractivity contribution in [1.82, 2.24) is 14.7 Å². The summed E-state index contributed by atoms with van der Waals surface area (Å²) in [5.74, 6) is -4.46. The van der Waals surface area contributed by atoms with E-state index in [-0.39, 0.29) is 12.2 Å². The third-order valence-electron chi connectivity index (χ3n) is 4.29. The van der Waals surface area contributed by atoms with Crippen LogP contribution in [0.1, 0.15) is 11.6 Å². The van der Waals surface area contributed by atoms with Crippen LogP contribution in [-0.2, 0) is 16.6 Å². The fourth-order valence-corrected chi connectivity index (χ4v) is 3.74. The lowest BCUT2D eigenvalue weighted by Gasteiger charge is -2.15. The number of rotatable bonds is 3. The number of likely N-dealkylation sites (tertiary alicyclic amines) is 1. The van der Waals surface area contributed by atoms with E-state index < -0.39 is 35.3 Å². The van der Waals surface area contributed by atoms with Gasteiger partial charge in [-0.3, -0.25) is 14.3 Å². The molecule has 0 radical (unpaired) electrons. The first-order valence-electron chi connectivity index (χ1n) is 7.59. The summed E-state index contributed by atoms with van der Waals surface area (Å²) in [7, 11) is 3.21. The van der Waals surface area contributed by atoms with Gasteiger partial charge >= 0.3 is 0 Å². The predicted molar refractivity (Wildman–Crippen MR) is 94.8 cm³/mol. The van der Waals surface area contributed by atoms with Gasteiger partial charge in [0.05, 0.1) is 15.9 Å². The standard InChI is InChI=1S/C16H14BrClF2N4O2/c1-23-6-8(13-12(17)14(18)24(2)22-13)11(16(23)26)15(25)21-10-4-3-7(19)5-9(10)20/h3-5,8,11H,6H2,1-2H3,(H,21,25)/t8-,11-/m0/s1. The Morgan fingerprint density at radius 3 is 2.65 bits per heavy atom. The molecular formula is C16H14BrClF2N4O2. The maximum atomic E-state index is 13.8. The molecule has 1 aliphatic rings. The van der Waals surface area contributed by atoms with E-state index in [9.17, 15) is 18.4 Å². The minimum absolute atomic E-state index is 0.198. The van der Waals surface area contributed by atoms with Crippen molar-refractivity contribution in [3.8, 4) is 0 Å². The number of nitrogens with one attached hydrogen (secondary N) is 1. The zero-order valence-corrected chi connectivity index (χ0v) is 16.1. The Kier molecular flexibility index (Phi) is 5.03. The summed E-state index contributed by atoms with van der Waals surface area (Å²) >= 11 is 9.45. The van der Waals surface area contributed by atoms with Crippen LogP contribution in [0.3, 0.4) is 0 Å². The summed E-state index contributed by atoms with van der Waals surface area (Å²) in [6.07, 6.45) is 0. The lowest BCUT2D eigenvalue weighted by atomic mass is 9.91. The first kappa shape index (κ1) is 18.8. The molecule has 3 rings (SSSR count). The van der Waals surface area contributed by atoms with Crippen LogP contribution in [0.5, 0.6) is 0 Å². The highest BCUT2D eigenvalue weighted by molar-refractivity contribution is 9.10. The molecule has 1 saturated heterocycles. The van der Waals surface area contributed by atoms with Gasteiger partial charge in [-0.2, -0.15) is 5.10 Å². The Morgan fingerprint density at radius 1 is 1.38 bits per heavy atom. The Balaban J connectivity index is 1.93. The molecule has 2 atom stereocenters. The highest BCUT2D eigenvalue weighted by Crippen LogP contribution is 2.39. The van der Waals surface area contributed by atoms with Gasteiger partial charge < -0.3 is 10.2 Å². The maximum absolute atomic E-state index is 13.8. The van der Waals surface area contributed by atoms with Gasteiger partial charge in [0.15, 0.2) is 0 Å². The second kappa shape index (κ2) is 6.96. The molecule has 0 spiro atoms. The molecular weight excluding hydrogens is 434 g/mol. The molecule has 2 amide bonds. The van der Waals surface area contributed by atoms with Gasteiger partial charge in [-0.25, -0.2) is 8.78 Å². The Labute approximate surface area is 161 Å². The number of carbonyl (C=O) groups is 2. The van der Waals surface area contributed by atoms with Crippen molar-refractivity contribution in [3.63, 3.8) is 0 Å². The molecule has 2 aromatic rings. The molecule has 1 aliphatic heterocycles. The first-order valence-corrected chi connectivity index (χ1v) is 8.76. The van der Waals surface area contributed by atoms with Crippen molar-refractivity contribution in [2.75, 3.05) is 18.9 Å². The summed E-state index contributed by atoms with van der Waals surface area (Å²) < 4.78 is 28.8. The second-order valence-electron chi connectivity index (χ2n) is 6.03. The van der Waals surface area contributed by atoms with Crippen molar-refractivity contribution in [3.05, 3.63) is 45.2 Å². The SMILES string of the molecule is CN1C[C@H](c2nn(C)c(Cl)c2Br)[C@@H](C(=O)Nc2ccc(F)cc2F)C1=O.